The molecule has 0 bridgehead atoms. The molecular weight excluding hydrogens is 412 g/mol. The molecule has 0 spiro atoms. The van der Waals surface area contributed by atoms with Gasteiger partial charge < -0.3 is 15.4 Å². The van der Waals surface area contributed by atoms with Crippen LogP contribution in [0.4, 0.5) is 5.00 Å². The van der Waals surface area contributed by atoms with Crippen molar-refractivity contribution in [3.8, 4) is 0 Å². The molecule has 1 atom stereocenters. The molecule has 4 nitrogen and oxygen atoms in total. The van der Waals surface area contributed by atoms with Gasteiger partial charge in [-0.15, -0.1) is 11.3 Å². The number of hydrogen-bond acceptors (Lipinski definition) is 4. The molecule has 0 aliphatic heterocycles. The smallest absolute Gasteiger partial charge is 0.340 e. The zero-order chi connectivity index (χ0) is 20.9. The van der Waals surface area contributed by atoms with E-state index in [0.717, 1.165) is 35.6 Å². The minimum atomic E-state index is -0.362. The zero-order valence-electron chi connectivity index (χ0n) is 16.8. The summed E-state index contributed by atoms with van der Waals surface area (Å²) in [6.45, 7) is 0. The van der Waals surface area contributed by atoms with E-state index in [0.29, 0.717) is 10.7 Å². The maximum Gasteiger partial charge on any atom is 0.340 e. The van der Waals surface area contributed by atoms with Gasteiger partial charge in [0.1, 0.15) is 5.00 Å². The molecule has 2 aromatic carbocycles. The Balaban J connectivity index is 1.50. The van der Waals surface area contributed by atoms with Crippen molar-refractivity contribution in [2.45, 2.75) is 31.7 Å². The molecule has 3 aromatic rings. The third-order valence-electron chi connectivity index (χ3n) is 5.31. The summed E-state index contributed by atoms with van der Waals surface area (Å²) in [4.78, 5) is 13.4. The van der Waals surface area contributed by atoms with E-state index in [1.165, 1.54) is 35.1 Å². The number of rotatable bonds is 5. The molecule has 0 saturated carbocycles. The van der Waals surface area contributed by atoms with Crippen LogP contribution in [0.15, 0.2) is 60.7 Å². The highest BCUT2D eigenvalue weighted by Crippen LogP contribution is 2.32. The number of methoxy groups -OCH3 is 1. The van der Waals surface area contributed by atoms with E-state index >= 15 is 0 Å². The van der Waals surface area contributed by atoms with E-state index in [2.05, 4.69) is 47.0 Å². The van der Waals surface area contributed by atoms with Gasteiger partial charge >= 0.3 is 5.97 Å². The molecule has 30 heavy (non-hydrogen) atoms. The maximum absolute atomic E-state index is 12.3. The summed E-state index contributed by atoms with van der Waals surface area (Å²) in [5.41, 5.74) is 4.39. The number of esters is 1. The van der Waals surface area contributed by atoms with Crippen LogP contribution in [0.2, 0.25) is 0 Å². The van der Waals surface area contributed by atoms with Gasteiger partial charge in [-0.1, -0.05) is 54.6 Å². The van der Waals surface area contributed by atoms with Crippen molar-refractivity contribution in [3.63, 3.8) is 0 Å². The first kappa shape index (κ1) is 20.6. The fourth-order valence-corrected chi connectivity index (χ4v) is 5.27. The molecule has 0 radical (unpaired) electrons. The Labute approximate surface area is 186 Å². The molecule has 0 saturated heterocycles. The van der Waals surface area contributed by atoms with Crippen molar-refractivity contribution < 1.29 is 9.53 Å². The highest BCUT2D eigenvalue weighted by atomic mass is 32.1. The number of carbonyl (C=O) groups excluding carboxylic acids is 1. The Morgan fingerprint density at radius 1 is 1.17 bits per heavy atom. The fourth-order valence-electron chi connectivity index (χ4n) is 3.88. The minimum Gasteiger partial charge on any atom is -0.465 e. The Hall–Kier alpha value is -2.70. The number of thiophene rings is 1. The van der Waals surface area contributed by atoms with Gasteiger partial charge in [0.05, 0.1) is 18.7 Å². The molecule has 0 amide bonds. The van der Waals surface area contributed by atoms with Gasteiger partial charge in [0, 0.05) is 11.3 Å². The van der Waals surface area contributed by atoms with Crippen molar-refractivity contribution in [3.05, 3.63) is 87.8 Å². The molecule has 0 fully saturated rings. The number of nitrogens with one attached hydrogen (secondary N) is 2. The number of anilines is 1. The van der Waals surface area contributed by atoms with Gasteiger partial charge in [-0.2, -0.15) is 0 Å². The highest BCUT2D eigenvalue weighted by molar-refractivity contribution is 7.80. The van der Waals surface area contributed by atoms with Crippen LogP contribution < -0.4 is 10.6 Å². The topological polar surface area (TPSA) is 50.4 Å². The Kier molecular flexibility index (Phi) is 6.45. The number of thiocarbonyl (C=S) groups is 1. The first-order valence-corrected chi connectivity index (χ1v) is 11.3. The third kappa shape index (κ3) is 4.71. The average molecular weight is 437 g/mol. The lowest BCUT2D eigenvalue weighted by atomic mass is 9.88. The van der Waals surface area contributed by atoms with Crippen LogP contribution >= 0.6 is 23.6 Å². The normalized spacial score (nSPS) is 15.2. The first-order valence-electron chi connectivity index (χ1n) is 10.0. The molecule has 1 aliphatic rings. The van der Waals surface area contributed by atoms with Crippen molar-refractivity contribution in [2.24, 2.45) is 0 Å². The number of carbonyl (C=O) groups is 1. The maximum atomic E-state index is 12.3. The summed E-state index contributed by atoms with van der Waals surface area (Å²) >= 11 is 7.13. The number of hydrogen-bond donors (Lipinski definition) is 2. The van der Waals surface area contributed by atoms with E-state index < -0.39 is 0 Å². The van der Waals surface area contributed by atoms with Crippen LogP contribution in [-0.2, 0) is 17.6 Å². The molecule has 1 aliphatic carbocycles. The predicted octanol–water partition coefficient (Wildman–Crippen LogP) is 5.49. The first-order chi connectivity index (χ1) is 14.6. The number of fused-ring (bicyclic) bond motifs is 1. The van der Waals surface area contributed by atoms with Gasteiger partial charge in [0.2, 0.25) is 0 Å². The second-order valence-electron chi connectivity index (χ2n) is 7.35. The Bertz CT molecular complexity index is 1050. The Morgan fingerprint density at radius 3 is 2.73 bits per heavy atom. The van der Waals surface area contributed by atoms with Crippen molar-refractivity contribution in [1.29, 1.82) is 0 Å². The summed E-state index contributed by atoms with van der Waals surface area (Å²) in [7, 11) is 1.40. The summed E-state index contributed by atoms with van der Waals surface area (Å²) in [5.74, 6) is -0.362. The second kappa shape index (κ2) is 9.41. The van der Waals surface area contributed by atoms with E-state index in [1.807, 2.05) is 24.3 Å². The largest absolute Gasteiger partial charge is 0.465 e. The van der Waals surface area contributed by atoms with Crippen LogP contribution in [0, 0.1) is 0 Å². The lowest BCUT2D eigenvalue weighted by molar-refractivity contribution is 0.0602. The van der Waals surface area contributed by atoms with Gasteiger partial charge in [0.15, 0.2) is 5.11 Å². The SMILES string of the molecule is COC(=O)c1cc(Cc2ccccc2)sc1NC(=S)NC1CCCc2ccccc21. The van der Waals surface area contributed by atoms with Crippen molar-refractivity contribution in [1.82, 2.24) is 5.32 Å². The van der Waals surface area contributed by atoms with Crippen molar-refractivity contribution >= 4 is 39.6 Å². The van der Waals surface area contributed by atoms with Gasteiger partial charge in [-0.05, 0) is 54.2 Å². The minimum absolute atomic E-state index is 0.181. The number of aryl methyl sites for hydroxylation is 1. The lowest BCUT2D eigenvalue weighted by Gasteiger charge is -2.27. The van der Waals surface area contributed by atoms with Crippen LogP contribution in [0.3, 0.4) is 0 Å². The van der Waals surface area contributed by atoms with Crippen LogP contribution in [0.25, 0.3) is 0 Å². The van der Waals surface area contributed by atoms with Crippen LogP contribution in [-0.4, -0.2) is 18.2 Å². The molecule has 6 heteroatoms. The van der Waals surface area contributed by atoms with Gasteiger partial charge in [0.25, 0.3) is 0 Å². The average Bonchev–Trinajstić information content (AvgIpc) is 3.16. The van der Waals surface area contributed by atoms with Crippen LogP contribution in [0.5, 0.6) is 0 Å². The second-order valence-corrected chi connectivity index (χ2v) is 8.90. The predicted molar refractivity (Wildman–Crippen MR) is 126 cm³/mol. The molecule has 2 N–H and O–H groups in total. The van der Waals surface area contributed by atoms with E-state index in [-0.39, 0.29) is 12.0 Å². The number of ether oxygens (including phenoxy) is 1. The third-order valence-corrected chi connectivity index (χ3v) is 6.58. The summed E-state index contributed by atoms with van der Waals surface area (Å²) in [6, 6.07) is 20.8. The van der Waals surface area contributed by atoms with E-state index in [1.54, 1.807) is 0 Å². The van der Waals surface area contributed by atoms with Gasteiger partial charge in [-0.25, -0.2) is 4.79 Å². The van der Waals surface area contributed by atoms with Gasteiger partial charge in [-0.3, -0.25) is 0 Å². The van der Waals surface area contributed by atoms with Crippen molar-refractivity contribution in [2.75, 3.05) is 12.4 Å². The van der Waals surface area contributed by atoms with E-state index in [9.17, 15) is 4.79 Å². The summed E-state index contributed by atoms with van der Waals surface area (Å²) in [5, 5.41) is 7.93. The number of benzene rings is 2. The molecule has 4 rings (SSSR count). The zero-order valence-corrected chi connectivity index (χ0v) is 18.4. The van der Waals surface area contributed by atoms with Crippen LogP contribution in [0.1, 0.15) is 50.8 Å². The standard InChI is InChI=1S/C24H24N2O2S2/c1-28-23(27)20-15-18(14-16-8-3-2-4-9-16)30-22(20)26-24(29)25-21-13-7-11-17-10-5-6-12-19(17)21/h2-6,8-10,12,15,21H,7,11,13-14H2,1H3,(H2,25,26,29). The molecule has 1 aromatic heterocycles. The molecule has 1 heterocycles. The molecular formula is C24H24N2O2S2. The molecule has 154 valence electrons. The summed E-state index contributed by atoms with van der Waals surface area (Å²) in [6.07, 6.45) is 4.03. The highest BCUT2D eigenvalue weighted by Gasteiger charge is 2.22. The Morgan fingerprint density at radius 2 is 1.93 bits per heavy atom. The summed E-state index contributed by atoms with van der Waals surface area (Å²) < 4.78 is 4.98. The lowest BCUT2D eigenvalue weighted by Crippen LogP contribution is -2.34. The quantitative estimate of drug-likeness (QED) is 0.409. The van der Waals surface area contributed by atoms with E-state index in [4.69, 9.17) is 17.0 Å². The molecule has 1 unspecified atom stereocenters. The fraction of sp³-hybridized carbons (Fsp3) is 0.250. The monoisotopic (exact) mass is 436 g/mol.